The SMILES string of the molecule is COc1ccc(N2C[C@@H](c3nc4ccccc4n3CCOc3ccc(Cl)cc3)CC2=O)cc1. The summed E-state index contributed by atoms with van der Waals surface area (Å²) in [6, 6.07) is 23.0. The molecule has 4 aromatic rings. The van der Waals surface area contributed by atoms with Crippen LogP contribution in [0, 0.1) is 0 Å². The Balaban J connectivity index is 1.38. The summed E-state index contributed by atoms with van der Waals surface area (Å²) in [5.74, 6) is 2.56. The molecule has 0 spiro atoms. The maximum atomic E-state index is 12.9. The number of para-hydroxylation sites is 2. The van der Waals surface area contributed by atoms with Crippen molar-refractivity contribution in [2.75, 3.05) is 25.2 Å². The van der Waals surface area contributed by atoms with E-state index in [1.54, 1.807) is 7.11 Å². The van der Waals surface area contributed by atoms with E-state index < -0.39 is 0 Å². The first-order chi connectivity index (χ1) is 16.1. The molecule has 0 bridgehead atoms. The predicted octanol–water partition coefficient (Wildman–Crippen LogP) is 5.30. The van der Waals surface area contributed by atoms with Crippen molar-refractivity contribution < 1.29 is 14.3 Å². The lowest BCUT2D eigenvalue weighted by molar-refractivity contribution is -0.117. The summed E-state index contributed by atoms with van der Waals surface area (Å²) >= 11 is 5.96. The highest BCUT2D eigenvalue weighted by Gasteiger charge is 2.34. The molecule has 0 unspecified atom stereocenters. The van der Waals surface area contributed by atoms with Crippen LogP contribution < -0.4 is 14.4 Å². The third-order valence-electron chi connectivity index (χ3n) is 5.96. The summed E-state index contributed by atoms with van der Waals surface area (Å²) in [7, 11) is 1.63. The number of hydrogen-bond acceptors (Lipinski definition) is 4. The normalized spacial score (nSPS) is 15.9. The Bertz CT molecular complexity index is 1270. The lowest BCUT2D eigenvalue weighted by Gasteiger charge is -2.18. The van der Waals surface area contributed by atoms with Gasteiger partial charge in [0.05, 0.1) is 24.7 Å². The average Bonchev–Trinajstić information content (AvgIpc) is 3.41. The third kappa shape index (κ3) is 4.39. The number of halogens is 1. The van der Waals surface area contributed by atoms with Crippen molar-refractivity contribution in [1.29, 1.82) is 0 Å². The minimum Gasteiger partial charge on any atom is -0.497 e. The van der Waals surface area contributed by atoms with Crippen LogP contribution in [-0.4, -0.2) is 35.7 Å². The quantitative estimate of drug-likeness (QED) is 0.375. The van der Waals surface area contributed by atoms with E-state index in [0.29, 0.717) is 31.1 Å². The van der Waals surface area contributed by atoms with Crippen LogP contribution in [0.1, 0.15) is 18.2 Å². The van der Waals surface area contributed by atoms with Crippen molar-refractivity contribution in [3.63, 3.8) is 0 Å². The molecule has 1 aliphatic heterocycles. The van der Waals surface area contributed by atoms with Gasteiger partial charge in [0.1, 0.15) is 23.9 Å². The fourth-order valence-corrected chi connectivity index (χ4v) is 4.44. The van der Waals surface area contributed by atoms with Gasteiger partial charge in [0.2, 0.25) is 5.91 Å². The number of benzene rings is 3. The molecule has 7 heteroatoms. The van der Waals surface area contributed by atoms with Crippen LogP contribution in [0.25, 0.3) is 11.0 Å². The summed E-state index contributed by atoms with van der Waals surface area (Å²) in [4.78, 5) is 19.6. The number of rotatable bonds is 7. The molecule has 1 aliphatic rings. The maximum Gasteiger partial charge on any atom is 0.227 e. The van der Waals surface area contributed by atoms with Crippen LogP contribution in [0.4, 0.5) is 5.69 Å². The lowest BCUT2D eigenvalue weighted by atomic mass is 10.1. The number of ether oxygens (including phenoxy) is 2. The number of anilines is 1. The molecule has 1 saturated heterocycles. The number of carbonyl (C=O) groups excluding carboxylic acids is 1. The molecule has 0 radical (unpaired) electrons. The van der Waals surface area contributed by atoms with Crippen LogP contribution in [0.15, 0.2) is 72.8 Å². The Morgan fingerprint density at radius 2 is 1.73 bits per heavy atom. The van der Waals surface area contributed by atoms with Crippen LogP contribution >= 0.6 is 11.6 Å². The fraction of sp³-hybridized carbons (Fsp3) is 0.231. The van der Waals surface area contributed by atoms with Gasteiger partial charge in [-0.2, -0.15) is 0 Å². The van der Waals surface area contributed by atoms with Crippen LogP contribution in [0.3, 0.4) is 0 Å². The second-order valence-electron chi connectivity index (χ2n) is 8.02. The summed E-state index contributed by atoms with van der Waals surface area (Å²) in [6.07, 6.45) is 0.424. The molecule has 33 heavy (non-hydrogen) atoms. The topological polar surface area (TPSA) is 56.6 Å². The lowest BCUT2D eigenvalue weighted by Crippen LogP contribution is -2.24. The first kappa shape index (κ1) is 21.3. The van der Waals surface area contributed by atoms with E-state index in [9.17, 15) is 4.79 Å². The minimum atomic E-state index is 0.00235. The van der Waals surface area contributed by atoms with E-state index in [1.807, 2.05) is 71.6 Å². The van der Waals surface area contributed by atoms with Gasteiger partial charge in [-0.15, -0.1) is 0 Å². The van der Waals surface area contributed by atoms with Gasteiger partial charge in [-0.05, 0) is 60.7 Å². The Hall–Kier alpha value is -3.51. The number of amides is 1. The minimum absolute atomic E-state index is 0.00235. The molecular weight excluding hydrogens is 438 g/mol. The van der Waals surface area contributed by atoms with Gasteiger partial charge in [-0.3, -0.25) is 4.79 Å². The Kier molecular flexibility index (Phi) is 5.92. The maximum absolute atomic E-state index is 12.9. The Morgan fingerprint density at radius 3 is 2.48 bits per heavy atom. The number of aromatic nitrogens is 2. The van der Waals surface area contributed by atoms with Crippen molar-refractivity contribution >= 4 is 34.2 Å². The van der Waals surface area contributed by atoms with Gasteiger partial charge >= 0.3 is 0 Å². The fourth-order valence-electron chi connectivity index (χ4n) is 4.32. The van der Waals surface area contributed by atoms with E-state index in [-0.39, 0.29) is 11.8 Å². The van der Waals surface area contributed by atoms with Gasteiger partial charge in [0, 0.05) is 29.6 Å². The van der Waals surface area contributed by atoms with Crippen molar-refractivity contribution in [3.8, 4) is 11.5 Å². The zero-order valence-corrected chi connectivity index (χ0v) is 19.0. The highest BCUT2D eigenvalue weighted by molar-refractivity contribution is 6.30. The zero-order valence-electron chi connectivity index (χ0n) is 18.3. The van der Waals surface area contributed by atoms with Gasteiger partial charge in [0.25, 0.3) is 0 Å². The number of hydrogen-bond donors (Lipinski definition) is 0. The number of fused-ring (bicyclic) bond motifs is 1. The van der Waals surface area contributed by atoms with E-state index in [0.717, 1.165) is 34.0 Å². The molecule has 1 fully saturated rings. The monoisotopic (exact) mass is 461 g/mol. The first-order valence-corrected chi connectivity index (χ1v) is 11.3. The molecule has 1 amide bonds. The van der Waals surface area contributed by atoms with Crippen LogP contribution in [0.5, 0.6) is 11.5 Å². The molecule has 0 saturated carbocycles. The van der Waals surface area contributed by atoms with Gasteiger partial charge in [-0.25, -0.2) is 4.98 Å². The van der Waals surface area contributed by atoms with Gasteiger partial charge < -0.3 is 18.9 Å². The molecule has 0 N–H and O–H groups in total. The summed E-state index contributed by atoms with van der Waals surface area (Å²) in [5.41, 5.74) is 2.84. The van der Waals surface area contributed by atoms with Crippen molar-refractivity contribution in [1.82, 2.24) is 9.55 Å². The van der Waals surface area contributed by atoms with Crippen LogP contribution in [-0.2, 0) is 11.3 Å². The van der Waals surface area contributed by atoms with Gasteiger partial charge in [0.15, 0.2) is 0 Å². The standard InChI is InChI=1S/C26H24ClN3O3/c1-32-21-12-8-20(9-13-21)30-17-18(16-25(30)31)26-28-23-4-2-3-5-24(23)29(26)14-15-33-22-10-6-19(27)7-11-22/h2-13,18H,14-17H2,1H3/t18-/m0/s1. The largest absolute Gasteiger partial charge is 0.497 e. The average molecular weight is 462 g/mol. The summed E-state index contributed by atoms with van der Waals surface area (Å²) in [5, 5.41) is 0.678. The summed E-state index contributed by atoms with van der Waals surface area (Å²) < 4.78 is 13.4. The van der Waals surface area contributed by atoms with E-state index in [1.165, 1.54) is 0 Å². The zero-order chi connectivity index (χ0) is 22.8. The molecule has 2 heterocycles. The number of nitrogens with zero attached hydrogens (tertiary/aromatic N) is 3. The molecule has 3 aromatic carbocycles. The number of imidazole rings is 1. The molecule has 0 aliphatic carbocycles. The van der Waals surface area contributed by atoms with Crippen molar-refractivity contribution in [2.45, 2.75) is 18.9 Å². The Morgan fingerprint density at radius 1 is 1.00 bits per heavy atom. The highest BCUT2D eigenvalue weighted by Crippen LogP contribution is 2.33. The first-order valence-electron chi connectivity index (χ1n) is 10.9. The second kappa shape index (κ2) is 9.16. The summed E-state index contributed by atoms with van der Waals surface area (Å²) in [6.45, 7) is 1.70. The molecular formula is C26H24ClN3O3. The van der Waals surface area contributed by atoms with E-state index >= 15 is 0 Å². The van der Waals surface area contributed by atoms with Crippen LogP contribution in [0.2, 0.25) is 5.02 Å². The molecule has 6 nitrogen and oxygen atoms in total. The van der Waals surface area contributed by atoms with Crippen molar-refractivity contribution in [2.24, 2.45) is 0 Å². The Labute approximate surface area is 197 Å². The number of carbonyl (C=O) groups is 1. The molecule has 1 aromatic heterocycles. The third-order valence-corrected chi connectivity index (χ3v) is 6.21. The molecule has 1 atom stereocenters. The van der Waals surface area contributed by atoms with E-state index in [4.69, 9.17) is 26.1 Å². The van der Waals surface area contributed by atoms with Gasteiger partial charge in [-0.1, -0.05) is 23.7 Å². The van der Waals surface area contributed by atoms with E-state index in [2.05, 4.69) is 10.6 Å². The molecule has 168 valence electrons. The second-order valence-corrected chi connectivity index (χ2v) is 8.45. The van der Waals surface area contributed by atoms with Crippen molar-refractivity contribution in [3.05, 3.63) is 83.6 Å². The predicted molar refractivity (Wildman–Crippen MR) is 129 cm³/mol. The number of methoxy groups -OCH3 is 1. The smallest absolute Gasteiger partial charge is 0.227 e. The highest BCUT2D eigenvalue weighted by atomic mass is 35.5. The molecule has 5 rings (SSSR count).